The SMILES string of the molecule is CC(C)(C)OC(=O)Nc1cccc(C(C)(C)C)c1. The maximum Gasteiger partial charge on any atom is 0.412 e. The third-order valence-electron chi connectivity index (χ3n) is 2.37. The average molecular weight is 249 g/mol. The number of hydrogen-bond acceptors (Lipinski definition) is 2. The highest BCUT2D eigenvalue weighted by molar-refractivity contribution is 5.85. The van der Waals surface area contributed by atoms with Gasteiger partial charge in [-0.2, -0.15) is 0 Å². The molecule has 0 aliphatic heterocycles. The minimum atomic E-state index is -0.480. The molecule has 0 aromatic heterocycles. The maximum absolute atomic E-state index is 11.7. The van der Waals surface area contributed by atoms with Crippen molar-refractivity contribution in [3.8, 4) is 0 Å². The van der Waals surface area contributed by atoms with E-state index in [9.17, 15) is 4.79 Å². The second-order valence-corrected chi connectivity index (χ2v) is 6.46. The summed E-state index contributed by atoms with van der Waals surface area (Å²) in [5.41, 5.74) is 1.52. The first-order valence-electron chi connectivity index (χ1n) is 6.18. The van der Waals surface area contributed by atoms with E-state index in [0.29, 0.717) is 0 Å². The highest BCUT2D eigenvalue weighted by Gasteiger charge is 2.17. The first kappa shape index (κ1) is 14.6. The predicted molar refractivity (Wildman–Crippen MR) is 75.0 cm³/mol. The molecular formula is C15H23NO2. The lowest BCUT2D eigenvalue weighted by Gasteiger charge is -2.21. The van der Waals surface area contributed by atoms with Crippen LogP contribution >= 0.6 is 0 Å². The van der Waals surface area contributed by atoms with Crippen molar-refractivity contribution in [1.29, 1.82) is 0 Å². The van der Waals surface area contributed by atoms with Gasteiger partial charge >= 0.3 is 6.09 Å². The standard InChI is InChI=1S/C15H23NO2/c1-14(2,3)11-8-7-9-12(10-11)16-13(17)18-15(4,5)6/h7-10H,1-6H3,(H,16,17). The molecule has 3 nitrogen and oxygen atoms in total. The summed E-state index contributed by atoms with van der Waals surface area (Å²) in [7, 11) is 0. The van der Waals surface area contributed by atoms with Gasteiger partial charge in [0, 0.05) is 5.69 Å². The Morgan fingerprint density at radius 1 is 1.11 bits per heavy atom. The molecule has 0 aliphatic carbocycles. The first-order chi connectivity index (χ1) is 8.08. The van der Waals surface area contributed by atoms with Crippen molar-refractivity contribution in [1.82, 2.24) is 0 Å². The van der Waals surface area contributed by atoms with Gasteiger partial charge in [-0.1, -0.05) is 32.9 Å². The molecule has 0 saturated heterocycles. The molecule has 0 fully saturated rings. The Morgan fingerprint density at radius 2 is 1.72 bits per heavy atom. The van der Waals surface area contributed by atoms with E-state index >= 15 is 0 Å². The van der Waals surface area contributed by atoms with Gasteiger partial charge in [0.15, 0.2) is 0 Å². The fourth-order valence-corrected chi connectivity index (χ4v) is 1.48. The van der Waals surface area contributed by atoms with E-state index in [2.05, 4.69) is 32.2 Å². The van der Waals surface area contributed by atoms with E-state index in [1.807, 2.05) is 39.0 Å². The zero-order valence-electron chi connectivity index (χ0n) is 12.1. The van der Waals surface area contributed by atoms with Crippen molar-refractivity contribution in [3.63, 3.8) is 0 Å². The van der Waals surface area contributed by atoms with E-state index in [1.54, 1.807) is 0 Å². The predicted octanol–water partition coefficient (Wildman–Crippen LogP) is 4.33. The number of ether oxygens (including phenoxy) is 1. The van der Waals surface area contributed by atoms with Crippen molar-refractivity contribution in [3.05, 3.63) is 29.8 Å². The number of carbonyl (C=O) groups is 1. The van der Waals surface area contributed by atoms with E-state index < -0.39 is 11.7 Å². The molecule has 0 unspecified atom stereocenters. The number of nitrogens with one attached hydrogen (secondary N) is 1. The molecule has 0 spiro atoms. The summed E-state index contributed by atoms with van der Waals surface area (Å²) in [5, 5.41) is 2.75. The number of amides is 1. The molecule has 0 saturated carbocycles. The van der Waals surface area contributed by atoms with Crippen molar-refractivity contribution < 1.29 is 9.53 Å². The summed E-state index contributed by atoms with van der Waals surface area (Å²) in [4.78, 5) is 11.7. The quantitative estimate of drug-likeness (QED) is 0.804. The Morgan fingerprint density at radius 3 is 2.22 bits per heavy atom. The smallest absolute Gasteiger partial charge is 0.412 e. The van der Waals surface area contributed by atoms with Crippen LogP contribution in [0.1, 0.15) is 47.1 Å². The van der Waals surface area contributed by atoms with E-state index in [1.165, 1.54) is 5.56 Å². The molecule has 1 N–H and O–H groups in total. The fraction of sp³-hybridized carbons (Fsp3) is 0.533. The first-order valence-corrected chi connectivity index (χ1v) is 6.18. The van der Waals surface area contributed by atoms with Crippen LogP contribution in [-0.2, 0) is 10.2 Å². The van der Waals surface area contributed by atoms with Crippen LogP contribution in [0.4, 0.5) is 10.5 Å². The third kappa shape index (κ3) is 4.78. The zero-order valence-corrected chi connectivity index (χ0v) is 12.1. The minimum Gasteiger partial charge on any atom is -0.444 e. The van der Waals surface area contributed by atoms with Crippen LogP contribution in [0.15, 0.2) is 24.3 Å². The topological polar surface area (TPSA) is 38.3 Å². The van der Waals surface area contributed by atoms with Crippen molar-refractivity contribution in [2.24, 2.45) is 0 Å². The van der Waals surface area contributed by atoms with Crippen LogP contribution in [0.2, 0.25) is 0 Å². The number of carbonyl (C=O) groups excluding carboxylic acids is 1. The molecule has 0 atom stereocenters. The monoisotopic (exact) mass is 249 g/mol. The molecular weight excluding hydrogens is 226 g/mol. The molecule has 1 amide bonds. The fourth-order valence-electron chi connectivity index (χ4n) is 1.48. The Kier molecular flexibility index (Phi) is 4.05. The summed E-state index contributed by atoms with van der Waals surface area (Å²) in [5.74, 6) is 0. The Hall–Kier alpha value is -1.51. The molecule has 0 aliphatic rings. The van der Waals surface area contributed by atoms with E-state index in [0.717, 1.165) is 5.69 Å². The van der Waals surface area contributed by atoms with Gasteiger partial charge in [-0.15, -0.1) is 0 Å². The average Bonchev–Trinajstić information content (AvgIpc) is 2.13. The largest absolute Gasteiger partial charge is 0.444 e. The van der Waals surface area contributed by atoms with E-state index in [4.69, 9.17) is 4.74 Å². The van der Waals surface area contributed by atoms with Crippen LogP contribution in [0.3, 0.4) is 0 Å². The second kappa shape index (κ2) is 5.01. The number of anilines is 1. The Balaban J connectivity index is 2.77. The molecule has 3 heteroatoms. The molecule has 1 aromatic carbocycles. The van der Waals surface area contributed by atoms with Crippen LogP contribution in [0.25, 0.3) is 0 Å². The summed E-state index contributed by atoms with van der Waals surface area (Å²) >= 11 is 0. The molecule has 100 valence electrons. The molecule has 1 rings (SSSR count). The van der Waals surface area contributed by atoms with Gasteiger partial charge in [-0.05, 0) is 43.9 Å². The summed E-state index contributed by atoms with van der Waals surface area (Å²) < 4.78 is 5.22. The van der Waals surface area contributed by atoms with Crippen LogP contribution in [-0.4, -0.2) is 11.7 Å². The van der Waals surface area contributed by atoms with Gasteiger partial charge in [0.05, 0.1) is 0 Å². The second-order valence-electron chi connectivity index (χ2n) is 6.46. The van der Waals surface area contributed by atoms with Crippen LogP contribution < -0.4 is 5.32 Å². The van der Waals surface area contributed by atoms with Gasteiger partial charge in [0.2, 0.25) is 0 Å². The zero-order chi connectivity index (χ0) is 14.0. The lowest BCUT2D eigenvalue weighted by atomic mass is 9.87. The molecule has 0 bridgehead atoms. The minimum absolute atomic E-state index is 0.0611. The summed E-state index contributed by atoms with van der Waals surface area (Å²) in [6.45, 7) is 12.0. The van der Waals surface area contributed by atoms with Gasteiger partial charge in [-0.3, -0.25) is 5.32 Å². The van der Waals surface area contributed by atoms with Crippen molar-refractivity contribution in [2.75, 3.05) is 5.32 Å². The molecule has 18 heavy (non-hydrogen) atoms. The number of rotatable bonds is 1. The lowest BCUT2D eigenvalue weighted by molar-refractivity contribution is 0.0636. The normalized spacial score (nSPS) is 12.1. The van der Waals surface area contributed by atoms with E-state index in [-0.39, 0.29) is 5.41 Å². The summed E-state index contributed by atoms with van der Waals surface area (Å²) in [6, 6.07) is 7.83. The van der Waals surface area contributed by atoms with Crippen molar-refractivity contribution in [2.45, 2.75) is 52.6 Å². The molecule has 0 radical (unpaired) electrons. The van der Waals surface area contributed by atoms with Crippen LogP contribution in [0, 0.1) is 0 Å². The summed E-state index contributed by atoms with van der Waals surface area (Å²) in [6.07, 6.45) is -0.423. The van der Waals surface area contributed by atoms with Gasteiger partial charge in [-0.25, -0.2) is 4.79 Å². The maximum atomic E-state index is 11.7. The Labute approximate surface area is 110 Å². The van der Waals surface area contributed by atoms with Crippen molar-refractivity contribution >= 4 is 11.8 Å². The molecule has 1 aromatic rings. The van der Waals surface area contributed by atoms with Gasteiger partial charge in [0.25, 0.3) is 0 Å². The molecule has 0 heterocycles. The lowest BCUT2D eigenvalue weighted by Crippen LogP contribution is -2.27. The van der Waals surface area contributed by atoms with Crippen LogP contribution in [0.5, 0.6) is 0 Å². The highest BCUT2D eigenvalue weighted by Crippen LogP contribution is 2.24. The number of hydrogen-bond donors (Lipinski definition) is 1. The van der Waals surface area contributed by atoms with Gasteiger partial charge < -0.3 is 4.74 Å². The van der Waals surface area contributed by atoms with Gasteiger partial charge in [0.1, 0.15) is 5.60 Å². The highest BCUT2D eigenvalue weighted by atomic mass is 16.6. The third-order valence-corrected chi connectivity index (χ3v) is 2.37. The Bertz CT molecular complexity index is 425. The number of benzene rings is 1.